The zero-order valence-electron chi connectivity index (χ0n) is 10.6. The zero-order chi connectivity index (χ0) is 12.4. The Morgan fingerprint density at radius 3 is 2.76 bits per heavy atom. The van der Waals surface area contributed by atoms with Crippen LogP contribution in [0.1, 0.15) is 24.6 Å². The summed E-state index contributed by atoms with van der Waals surface area (Å²) < 4.78 is 5.70. The molecule has 1 heterocycles. The third-order valence-electron chi connectivity index (χ3n) is 2.98. The number of benzene rings is 1. The van der Waals surface area contributed by atoms with Gasteiger partial charge in [0.25, 0.3) is 0 Å². The van der Waals surface area contributed by atoms with Gasteiger partial charge in [0.05, 0.1) is 6.61 Å². The molecule has 0 unspecified atom stereocenters. The maximum Gasteiger partial charge on any atom is 0.145 e. The normalized spacial score (nSPS) is 10.8. The van der Waals surface area contributed by atoms with Crippen molar-refractivity contribution >= 4 is 16.6 Å². The van der Waals surface area contributed by atoms with E-state index in [0.717, 1.165) is 40.0 Å². The maximum atomic E-state index is 6.12. The fourth-order valence-corrected chi connectivity index (χ4v) is 1.83. The lowest BCUT2D eigenvalue weighted by atomic mass is 10.1. The highest BCUT2D eigenvalue weighted by atomic mass is 16.5. The molecule has 0 aliphatic carbocycles. The molecule has 0 spiro atoms. The molecule has 0 saturated heterocycles. The van der Waals surface area contributed by atoms with Crippen LogP contribution in [0.25, 0.3) is 10.9 Å². The number of hydrogen-bond donors (Lipinski definition) is 1. The summed E-state index contributed by atoms with van der Waals surface area (Å²) in [4.78, 5) is 4.58. The Hall–Kier alpha value is -1.77. The molecule has 0 saturated carbocycles. The summed E-state index contributed by atoms with van der Waals surface area (Å²) in [6, 6.07) is 5.89. The number of nitrogen functional groups attached to an aromatic ring is 1. The van der Waals surface area contributed by atoms with Gasteiger partial charge < -0.3 is 10.5 Å². The predicted molar refractivity (Wildman–Crippen MR) is 71.4 cm³/mol. The second kappa shape index (κ2) is 4.62. The van der Waals surface area contributed by atoms with Crippen molar-refractivity contribution in [3.63, 3.8) is 0 Å². The second-order valence-corrected chi connectivity index (χ2v) is 4.24. The molecular weight excluding hydrogens is 212 g/mol. The van der Waals surface area contributed by atoms with Crippen molar-refractivity contribution in [2.45, 2.75) is 27.2 Å². The van der Waals surface area contributed by atoms with E-state index in [0.29, 0.717) is 6.61 Å². The summed E-state index contributed by atoms with van der Waals surface area (Å²) in [7, 11) is 0. The molecule has 2 N–H and O–H groups in total. The number of anilines is 1. The van der Waals surface area contributed by atoms with Gasteiger partial charge in [0, 0.05) is 16.8 Å². The maximum absolute atomic E-state index is 6.12. The molecule has 17 heavy (non-hydrogen) atoms. The van der Waals surface area contributed by atoms with Crippen molar-refractivity contribution in [1.29, 1.82) is 0 Å². The molecule has 0 radical (unpaired) electrons. The summed E-state index contributed by atoms with van der Waals surface area (Å²) in [6.45, 7) is 6.76. The van der Waals surface area contributed by atoms with E-state index in [2.05, 4.69) is 11.9 Å². The lowest BCUT2D eigenvalue weighted by molar-refractivity contribution is 0.320. The molecule has 0 bridgehead atoms. The molecule has 0 aliphatic rings. The van der Waals surface area contributed by atoms with Gasteiger partial charge in [0.15, 0.2) is 0 Å². The fourth-order valence-electron chi connectivity index (χ4n) is 1.83. The monoisotopic (exact) mass is 230 g/mol. The second-order valence-electron chi connectivity index (χ2n) is 4.24. The first-order valence-corrected chi connectivity index (χ1v) is 5.93. The molecule has 3 heteroatoms. The Morgan fingerprint density at radius 1 is 1.29 bits per heavy atom. The summed E-state index contributed by atoms with van der Waals surface area (Å²) >= 11 is 0. The van der Waals surface area contributed by atoms with Crippen LogP contribution in [-0.4, -0.2) is 11.6 Å². The van der Waals surface area contributed by atoms with Crippen LogP contribution in [0.3, 0.4) is 0 Å². The molecule has 0 fully saturated rings. The summed E-state index contributed by atoms with van der Waals surface area (Å²) in [5.74, 6) is 0.819. The number of hydrogen-bond acceptors (Lipinski definition) is 3. The van der Waals surface area contributed by atoms with Crippen LogP contribution in [0.4, 0.5) is 5.69 Å². The lowest BCUT2D eigenvalue weighted by Crippen LogP contribution is -2.01. The van der Waals surface area contributed by atoms with Gasteiger partial charge in [0.2, 0.25) is 0 Å². The number of fused-ring (bicyclic) bond motifs is 1. The van der Waals surface area contributed by atoms with E-state index in [1.807, 2.05) is 32.0 Å². The Kier molecular flexibility index (Phi) is 3.18. The van der Waals surface area contributed by atoms with Gasteiger partial charge in [-0.05, 0) is 31.9 Å². The summed E-state index contributed by atoms with van der Waals surface area (Å²) in [5, 5.41) is 0.974. The number of rotatable bonds is 3. The quantitative estimate of drug-likeness (QED) is 0.880. The number of pyridine rings is 1. The Labute approximate surface area is 102 Å². The Bertz CT molecular complexity index is 549. The molecule has 2 rings (SSSR count). The SMILES string of the molecule is CCCOc1cccc2c(N)c(C)c(C)nc12. The minimum atomic E-state index is 0.702. The van der Waals surface area contributed by atoms with Gasteiger partial charge >= 0.3 is 0 Å². The van der Waals surface area contributed by atoms with Crippen molar-refractivity contribution in [3.8, 4) is 5.75 Å². The Morgan fingerprint density at radius 2 is 2.06 bits per heavy atom. The molecule has 3 nitrogen and oxygen atoms in total. The van der Waals surface area contributed by atoms with Crippen LogP contribution < -0.4 is 10.5 Å². The van der Waals surface area contributed by atoms with Gasteiger partial charge in [-0.1, -0.05) is 19.1 Å². The van der Waals surface area contributed by atoms with Crippen molar-refractivity contribution in [3.05, 3.63) is 29.5 Å². The number of para-hydroxylation sites is 1. The van der Waals surface area contributed by atoms with Crippen LogP contribution in [0, 0.1) is 13.8 Å². The minimum absolute atomic E-state index is 0.702. The third-order valence-corrected chi connectivity index (χ3v) is 2.98. The highest BCUT2D eigenvalue weighted by Crippen LogP contribution is 2.30. The van der Waals surface area contributed by atoms with Crippen LogP contribution in [0.15, 0.2) is 18.2 Å². The van der Waals surface area contributed by atoms with E-state index in [4.69, 9.17) is 10.5 Å². The van der Waals surface area contributed by atoms with Gasteiger partial charge in [-0.15, -0.1) is 0 Å². The average molecular weight is 230 g/mol. The average Bonchev–Trinajstić information content (AvgIpc) is 2.34. The van der Waals surface area contributed by atoms with Crippen LogP contribution in [-0.2, 0) is 0 Å². The predicted octanol–water partition coefficient (Wildman–Crippen LogP) is 3.22. The highest BCUT2D eigenvalue weighted by Gasteiger charge is 2.10. The molecule has 0 atom stereocenters. The molecule has 0 amide bonds. The van der Waals surface area contributed by atoms with E-state index in [9.17, 15) is 0 Å². The third kappa shape index (κ3) is 2.05. The van der Waals surface area contributed by atoms with E-state index < -0.39 is 0 Å². The number of ether oxygens (including phenoxy) is 1. The van der Waals surface area contributed by atoms with Gasteiger partial charge in [-0.2, -0.15) is 0 Å². The van der Waals surface area contributed by atoms with Crippen LogP contribution >= 0.6 is 0 Å². The van der Waals surface area contributed by atoms with E-state index >= 15 is 0 Å². The number of nitrogens with two attached hydrogens (primary N) is 1. The van der Waals surface area contributed by atoms with E-state index in [1.165, 1.54) is 0 Å². The van der Waals surface area contributed by atoms with Gasteiger partial charge in [0.1, 0.15) is 11.3 Å². The summed E-state index contributed by atoms with van der Waals surface area (Å²) in [5.41, 5.74) is 9.79. The molecule has 2 aromatic rings. The molecule has 1 aromatic heterocycles. The molecular formula is C14H18N2O. The first-order chi connectivity index (χ1) is 8.15. The first kappa shape index (κ1) is 11.7. The van der Waals surface area contributed by atoms with E-state index in [1.54, 1.807) is 0 Å². The van der Waals surface area contributed by atoms with Crippen molar-refractivity contribution in [2.24, 2.45) is 0 Å². The smallest absolute Gasteiger partial charge is 0.145 e. The van der Waals surface area contributed by atoms with Crippen molar-refractivity contribution < 1.29 is 4.74 Å². The van der Waals surface area contributed by atoms with E-state index in [-0.39, 0.29) is 0 Å². The van der Waals surface area contributed by atoms with Crippen LogP contribution in [0.5, 0.6) is 5.75 Å². The number of aromatic nitrogens is 1. The summed E-state index contributed by atoms with van der Waals surface area (Å²) in [6.07, 6.45) is 0.983. The lowest BCUT2D eigenvalue weighted by Gasteiger charge is -2.12. The fraction of sp³-hybridized carbons (Fsp3) is 0.357. The minimum Gasteiger partial charge on any atom is -0.491 e. The largest absolute Gasteiger partial charge is 0.491 e. The first-order valence-electron chi connectivity index (χ1n) is 5.93. The van der Waals surface area contributed by atoms with Crippen LogP contribution in [0.2, 0.25) is 0 Å². The van der Waals surface area contributed by atoms with Crippen molar-refractivity contribution in [2.75, 3.05) is 12.3 Å². The highest BCUT2D eigenvalue weighted by molar-refractivity contribution is 5.95. The number of nitrogens with zero attached hydrogens (tertiary/aromatic N) is 1. The topological polar surface area (TPSA) is 48.1 Å². The molecule has 1 aromatic carbocycles. The van der Waals surface area contributed by atoms with Gasteiger partial charge in [-0.3, -0.25) is 0 Å². The van der Waals surface area contributed by atoms with Crippen molar-refractivity contribution in [1.82, 2.24) is 4.98 Å². The number of aryl methyl sites for hydroxylation is 1. The van der Waals surface area contributed by atoms with Gasteiger partial charge in [-0.25, -0.2) is 4.98 Å². The molecule has 0 aliphatic heterocycles. The Balaban J connectivity index is 2.64. The zero-order valence-corrected chi connectivity index (χ0v) is 10.6. The standard InChI is InChI=1S/C14H18N2O/c1-4-8-17-12-7-5-6-11-13(15)9(2)10(3)16-14(11)12/h5-7H,4,8H2,1-3H3,(H2,15,16). The molecule has 90 valence electrons.